The molecule has 28 heavy (non-hydrogen) atoms. The van der Waals surface area contributed by atoms with Crippen molar-refractivity contribution in [1.82, 2.24) is 0 Å². The summed E-state index contributed by atoms with van der Waals surface area (Å²) in [5.41, 5.74) is 3.17. The lowest BCUT2D eigenvalue weighted by Crippen LogP contribution is -2.22. The molecule has 5 heteroatoms. The molecule has 0 aromatic heterocycles. The average Bonchev–Trinajstić information content (AvgIpc) is 2.70. The van der Waals surface area contributed by atoms with Gasteiger partial charge in [-0.3, -0.25) is 0 Å². The smallest absolute Gasteiger partial charge is 0.122 e. The fourth-order valence-corrected chi connectivity index (χ4v) is 2.95. The average molecular weight is 407 g/mol. The first-order valence-corrected chi connectivity index (χ1v) is 10.1. The molecule has 0 spiro atoms. The maximum Gasteiger partial charge on any atom is 0.122 e. The van der Waals surface area contributed by atoms with Gasteiger partial charge in [0.2, 0.25) is 0 Å². The van der Waals surface area contributed by atoms with E-state index in [0.29, 0.717) is 24.2 Å². The van der Waals surface area contributed by atoms with Crippen LogP contribution in [-0.4, -0.2) is 42.0 Å². The van der Waals surface area contributed by atoms with Crippen molar-refractivity contribution in [3.63, 3.8) is 0 Å². The number of ether oxygens (including phenoxy) is 2. The van der Waals surface area contributed by atoms with E-state index in [-0.39, 0.29) is 18.6 Å². The van der Waals surface area contributed by atoms with Gasteiger partial charge in [-0.05, 0) is 41.8 Å². The largest absolute Gasteiger partial charge is 0.493 e. The Morgan fingerprint density at radius 3 is 2.21 bits per heavy atom. The molecule has 2 rings (SSSR count). The van der Waals surface area contributed by atoms with E-state index in [1.165, 1.54) is 11.1 Å². The Kier molecular flexibility index (Phi) is 8.17. The lowest BCUT2D eigenvalue weighted by molar-refractivity contribution is 0.0534. The minimum absolute atomic E-state index is 0.0733. The number of halogens is 1. The molecule has 0 amide bonds. The number of hydrogen-bond acceptors (Lipinski definition) is 4. The van der Waals surface area contributed by atoms with E-state index >= 15 is 0 Å². The molecule has 0 fully saturated rings. The molecular formula is C23H31ClO4. The van der Waals surface area contributed by atoms with Gasteiger partial charge in [-0.1, -0.05) is 45.0 Å². The topological polar surface area (TPSA) is 58.9 Å². The molecule has 2 aromatic rings. The molecule has 2 N–H and O–H groups in total. The lowest BCUT2D eigenvalue weighted by atomic mass is 9.77. The molecule has 2 atom stereocenters. The van der Waals surface area contributed by atoms with Crippen molar-refractivity contribution in [3.8, 4) is 11.5 Å². The first-order chi connectivity index (χ1) is 13.3. The van der Waals surface area contributed by atoms with Gasteiger partial charge < -0.3 is 19.7 Å². The highest BCUT2D eigenvalue weighted by Crippen LogP contribution is 2.34. The molecule has 0 bridgehead atoms. The lowest BCUT2D eigenvalue weighted by Gasteiger charge is -2.27. The Balaban J connectivity index is 2.11. The number of alkyl halides is 1. The van der Waals surface area contributed by atoms with Crippen LogP contribution in [0.25, 0.3) is 0 Å². The zero-order valence-electron chi connectivity index (χ0n) is 17.1. The molecule has 2 unspecified atom stereocenters. The number of aliphatic hydroxyl groups excluding tert-OH is 2. The summed E-state index contributed by atoms with van der Waals surface area (Å²) in [4.78, 5) is 0. The van der Waals surface area contributed by atoms with Gasteiger partial charge >= 0.3 is 0 Å². The minimum atomic E-state index is -0.872. The van der Waals surface area contributed by atoms with Crippen LogP contribution in [0.1, 0.15) is 37.5 Å². The number of rotatable bonds is 10. The summed E-state index contributed by atoms with van der Waals surface area (Å²) in [5.74, 6) is 2.46. The van der Waals surface area contributed by atoms with Crippen LogP contribution in [0.15, 0.2) is 42.5 Å². The fraction of sp³-hybridized carbons (Fsp3) is 0.478. The van der Waals surface area contributed by atoms with E-state index in [2.05, 4.69) is 39.0 Å². The second-order valence-electron chi connectivity index (χ2n) is 7.85. The molecule has 0 saturated heterocycles. The first kappa shape index (κ1) is 22.5. The Hall–Kier alpha value is -1.75. The molecule has 0 aliphatic rings. The standard InChI is InChI=1S/C23H31ClO4/c1-16(12-24)14-27-21-8-5-18(6-9-21)23(3,4)19-7-10-22(17(2)11-19)28-15-20(26)13-25/h5-11,16,20,25-26H,12-15H2,1-4H3. The van der Waals surface area contributed by atoms with Gasteiger partial charge in [0.25, 0.3) is 0 Å². The van der Waals surface area contributed by atoms with Crippen molar-refractivity contribution in [2.75, 3.05) is 25.7 Å². The molecule has 0 aliphatic heterocycles. The number of aryl methyl sites for hydroxylation is 1. The summed E-state index contributed by atoms with van der Waals surface area (Å²) in [6.45, 7) is 8.78. The van der Waals surface area contributed by atoms with Crippen LogP contribution < -0.4 is 9.47 Å². The number of benzene rings is 2. The predicted molar refractivity (Wildman–Crippen MR) is 114 cm³/mol. The SMILES string of the molecule is Cc1cc(C(C)(C)c2ccc(OCC(C)CCl)cc2)ccc1OCC(O)CO. The van der Waals surface area contributed by atoms with Crippen LogP contribution in [0, 0.1) is 12.8 Å². The second-order valence-corrected chi connectivity index (χ2v) is 8.16. The molecule has 4 nitrogen and oxygen atoms in total. The van der Waals surface area contributed by atoms with Gasteiger partial charge in [0.1, 0.15) is 24.2 Å². The predicted octanol–water partition coefficient (Wildman–Crippen LogP) is 4.31. The Labute approximate surface area is 173 Å². The molecule has 2 aromatic carbocycles. The fourth-order valence-electron chi connectivity index (χ4n) is 2.86. The molecule has 0 heterocycles. The van der Waals surface area contributed by atoms with E-state index in [1.54, 1.807) is 0 Å². The normalized spacial score (nSPS) is 13.8. The van der Waals surface area contributed by atoms with E-state index < -0.39 is 6.10 Å². The van der Waals surface area contributed by atoms with Gasteiger partial charge in [0.15, 0.2) is 0 Å². The van der Waals surface area contributed by atoms with Gasteiger partial charge in [-0.15, -0.1) is 11.6 Å². The van der Waals surface area contributed by atoms with Crippen molar-refractivity contribution in [2.24, 2.45) is 5.92 Å². The van der Waals surface area contributed by atoms with Gasteiger partial charge in [-0.25, -0.2) is 0 Å². The zero-order valence-corrected chi connectivity index (χ0v) is 17.9. The molecule has 0 saturated carbocycles. The van der Waals surface area contributed by atoms with Crippen molar-refractivity contribution in [3.05, 3.63) is 59.2 Å². The third-order valence-electron chi connectivity index (χ3n) is 4.91. The van der Waals surface area contributed by atoms with Gasteiger partial charge in [-0.2, -0.15) is 0 Å². The summed E-state index contributed by atoms with van der Waals surface area (Å²) in [7, 11) is 0. The van der Waals surface area contributed by atoms with Crippen molar-refractivity contribution >= 4 is 11.6 Å². The van der Waals surface area contributed by atoms with Crippen LogP contribution in [0.3, 0.4) is 0 Å². The molecular weight excluding hydrogens is 376 g/mol. The van der Waals surface area contributed by atoms with E-state index in [9.17, 15) is 5.11 Å². The number of hydrogen-bond donors (Lipinski definition) is 2. The highest BCUT2D eigenvalue weighted by atomic mass is 35.5. The van der Waals surface area contributed by atoms with Crippen LogP contribution in [0.2, 0.25) is 0 Å². The summed E-state index contributed by atoms with van der Waals surface area (Å²) in [5, 5.41) is 18.4. The molecule has 0 aliphatic carbocycles. The molecule has 0 radical (unpaired) electrons. The first-order valence-electron chi connectivity index (χ1n) is 9.60. The van der Waals surface area contributed by atoms with Crippen LogP contribution in [-0.2, 0) is 5.41 Å². The maximum atomic E-state index is 9.46. The third kappa shape index (κ3) is 5.87. The Morgan fingerprint density at radius 2 is 1.64 bits per heavy atom. The third-order valence-corrected chi connectivity index (χ3v) is 5.44. The van der Waals surface area contributed by atoms with Crippen LogP contribution in [0.5, 0.6) is 11.5 Å². The van der Waals surface area contributed by atoms with Gasteiger partial charge in [0, 0.05) is 17.2 Å². The van der Waals surface area contributed by atoms with Crippen molar-refractivity contribution in [2.45, 2.75) is 39.2 Å². The van der Waals surface area contributed by atoms with Crippen molar-refractivity contribution in [1.29, 1.82) is 0 Å². The summed E-state index contributed by atoms with van der Waals surface area (Å²) in [6.07, 6.45) is -0.872. The Morgan fingerprint density at radius 1 is 1.00 bits per heavy atom. The highest BCUT2D eigenvalue weighted by molar-refractivity contribution is 6.18. The monoisotopic (exact) mass is 406 g/mol. The summed E-state index contributed by atoms with van der Waals surface area (Å²) < 4.78 is 11.4. The van der Waals surface area contributed by atoms with Crippen molar-refractivity contribution < 1.29 is 19.7 Å². The quantitative estimate of drug-likeness (QED) is 0.577. The van der Waals surface area contributed by atoms with E-state index in [4.69, 9.17) is 26.2 Å². The van der Waals surface area contributed by atoms with Gasteiger partial charge in [0.05, 0.1) is 13.2 Å². The maximum absolute atomic E-state index is 9.46. The Bertz CT molecular complexity index is 743. The highest BCUT2D eigenvalue weighted by Gasteiger charge is 2.24. The molecule has 154 valence electrons. The minimum Gasteiger partial charge on any atom is -0.493 e. The zero-order chi connectivity index (χ0) is 20.7. The van der Waals surface area contributed by atoms with Crippen LogP contribution in [0.4, 0.5) is 0 Å². The summed E-state index contributed by atoms with van der Waals surface area (Å²) in [6, 6.07) is 14.3. The second kappa shape index (κ2) is 10.1. The number of aliphatic hydroxyl groups is 2. The van der Waals surface area contributed by atoms with E-state index in [0.717, 1.165) is 11.3 Å². The van der Waals surface area contributed by atoms with Crippen LogP contribution >= 0.6 is 11.6 Å². The van der Waals surface area contributed by atoms with E-state index in [1.807, 2.05) is 31.2 Å². The summed E-state index contributed by atoms with van der Waals surface area (Å²) >= 11 is 5.83.